The van der Waals surface area contributed by atoms with Gasteiger partial charge in [0.15, 0.2) is 0 Å². The van der Waals surface area contributed by atoms with Crippen LogP contribution in [-0.4, -0.2) is 99.5 Å². The maximum absolute atomic E-state index is 15.0. The van der Waals surface area contributed by atoms with E-state index in [0.29, 0.717) is 54.7 Å². The zero-order chi connectivity index (χ0) is 25.5. The van der Waals surface area contributed by atoms with Crippen LogP contribution in [0.1, 0.15) is 12.5 Å². The zero-order valence-corrected chi connectivity index (χ0v) is 20.2. The predicted octanol–water partition coefficient (Wildman–Crippen LogP) is 2.85. The first kappa shape index (κ1) is 23.9. The summed E-state index contributed by atoms with van der Waals surface area (Å²) in [6.07, 6.45) is 1.32. The highest BCUT2D eigenvalue weighted by Gasteiger charge is 2.35. The summed E-state index contributed by atoms with van der Waals surface area (Å²) in [5, 5.41) is 15.7. The largest absolute Gasteiger partial charge is 0.479 e. The lowest BCUT2D eigenvalue weighted by atomic mass is 10.0. The second kappa shape index (κ2) is 9.78. The fourth-order valence-corrected chi connectivity index (χ4v) is 5.00. The highest BCUT2D eigenvalue weighted by Crippen LogP contribution is 2.33. The number of benzene rings is 1. The molecule has 2 aliphatic rings. The Balaban J connectivity index is 1.29. The molecule has 0 unspecified atom stereocenters. The van der Waals surface area contributed by atoms with Crippen LogP contribution in [0.5, 0.6) is 5.88 Å². The summed E-state index contributed by atoms with van der Waals surface area (Å²) in [4.78, 5) is 6.65. The van der Waals surface area contributed by atoms with Crippen molar-refractivity contribution in [1.29, 1.82) is 0 Å². The van der Waals surface area contributed by atoms with Gasteiger partial charge >= 0.3 is 0 Å². The Morgan fingerprint density at radius 1 is 1.22 bits per heavy atom. The van der Waals surface area contributed by atoms with E-state index in [1.54, 1.807) is 22.8 Å². The average molecular weight is 517 g/mol. The van der Waals surface area contributed by atoms with Crippen LogP contribution in [0.4, 0.5) is 19.1 Å². The van der Waals surface area contributed by atoms with Crippen molar-refractivity contribution in [2.45, 2.75) is 30.7 Å². The molecule has 0 radical (unpaired) electrons. The average Bonchev–Trinajstić information content (AvgIpc) is 3.49. The first-order valence-corrected chi connectivity index (χ1v) is 12.2. The molecule has 3 aromatic heterocycles. The standard InChI is InChI=1S/C24H27F3N8O2/c1-36-23-22-17(14-2-3-20-21(8-14)35(32-30-20)15(9-25)10-26)4-7-34(22)31-24(29-23)28-19-5-6-33(11-18(19)27)16-12-37-13-16/h2-4,7-8,15-16,18-19H,5-6,9-13H2,1H3,(H,28,31)/t18-,19+/m1/s1. The second-order valence-corrected chi connectivity index (χ2v) is 9.41. The van der Waals surface area contributed by atoms with Gasteiger partial charge < -0.3 is 14.8 Å². The number of hydrogen-bond donors (Lipinski definition) is 1. The normalized spacial score (nSPS) is 21.1. The Kier molecular flexibility index (Phi) is 6.32. The van der Waals surface area contributed by atoms with E-state index in [0.717, 1.165) is 17.7 Å². The van der Waals surface area contributed by atoms with Gasteiger partial charge in [-0.15, -0.1) is 10.2 Å². The number of aromatic nitrogens is 6. The van der Waals surface area contributed by atoms with Crippen LogP contribution in [0.2, 0.25) is 0 Å². The third kappa shape index (κ3) is 4.25. The van der Waals surface area contributed by atoms with Crippen molar-refractivity contribution in [2.24, 2.45) is 0 Å². The van der Waals surface area contributed by atoms with Crippen LogP contribution in [-0.2, 0) is 4.74 Å². The topological polar surface area (TPSA) is 94.6 Å². The number of fused-ring (bicyclic) bond motifs is 2. The summed E-state index contributed by atoms with van der Waals surface area (Å²) in [5.41, 5.74) is 3.17. The monoisotopic (exact) mass is 516 g/mol. The van der Waals surface area contributed by atoms with E-state index < -0.39 is 31.6 Å². The summed E-state index contributed by atoms with van der Waals surface area (Å²) in [5.74, 6) is 0.583. The van der Waals surface area contributed by atoms with Crippen molar-refractivity contribution in [3.8, 4) is 17.0 Å². The molecule has 0 bridgehead atoms. The van der Waals surface area contributed by atoms with Gasteiger partial charge in [0, 0.05) is 24.8 Å². The van der Waals surface area contributed by atoms with E-state index in [1.165, 1.54) is 11.8 Å². The van der Waals surface area contributed by atoms with Crippen LogP contribution in [0.25, 0.3) is 27.7 Å². The van der Waals surface area contributed by atoms with E-state index >= 15 is 0 Å². The number of piperidine rings is 1. The van der Waals surface area contributed by atoms with Gasteiger partial charge in [0.05, 0.1) is 37.9 Å². The van der Waals surface area contributed by atoms with Crippen LogP contribution in [0.3, 0.4) is 0 Å². The molecule has 0 amide bonds. The molecule has 2 fully saturated rings. The van der Waals surface area contributed by atoms with Crippen LogP contribution in [0, 0.1) is 0 Å². The maximum Gasteiger partial charge on any atom is 0.244 e. The summed E-state index contributed by atoms with van der Waals surface area (Å²) in [7, 11) is 1.51. The van der Waals surface area contributed by atoms with E-state index in [4.69, 9.17) is 9.47 Å². The molecule has 10 nitrogen and oxygen atoms in total. The molecule has 1 N–H and O–H groups in total. The molecule has 2 aliphatic heterocycles. The SMILES string of the molecule is COc1nc(N[C@H]2CCN(C3COC3)C[C@H]2F)nn2ccc(-c3ccc4nnn(C(CF)CF)c4c3)c12. The fourth-order valence-electron chi connectivity index (χ4n) is 5.00. The Morgan fingerprint density at radius 2 is 2.05 bits per heavy atom. The van der Waals surface area contributed by atoms with E-state index in [2.05, 4.69) is 30.6 Å². The van der Waals surface area contributed by atoms with Gasteiger partial charge in [0.2, 0.25) is 11.8 Å². The Hall–Kier alpha value is -3.45. The molecule has 0 spiro atoms. The third-order valence-corrected chi connectivity index (χ3v) is 7.18. The minimum absolute atomic E-state index is 0.269. The molecule has 0 aliphatic carbocycles. The van der Waals surface area contributed by atoms with Crippen LogP contribution < -0.4 is 10.1 Å². The van der Waals surface area contributed by atoms with Crippen LogP contribution in [0.15, 0.2) is 30.5 Å². The molecule has 196 valence electrons. The molecule has 1 aromatic carbocycles. The van der Waals surface area contributed by atoms with Crippen LogP contribution >= 0.6 is 0 Å². The van der Waals surface area contributed by atoms with Crippen molar-refractivity contribution < 1.29 is 22.6 Å². The minimum Gasteiger partial charge on any atom is -0.479 e. The summed E-state index contributed by atoms with van der Waals surface area (Å²) in [6, 6.07) is 6.08. The number of nitrogens with one attached hydrogen (secondary N) is 1. The first-order valence-electron chi connectivity index (χ1n) is 12.2. The van der Waals surface area contributed by atoms with E-state index in [1.807, 2.05) is 12.1 Å². The number of nitrogens with zero attached hydrogens (tertiary/aromatic N) is 7. The maximum atomic E-state index is 15.0. The molecule has 6 rings (SSSR count). The van der Waals surface area contributed by atoms with Crippen molar-refractivity contribution in [1.82, 2.24) is 34.5 Å². The Labute approximate surface area is 210 Å². The zero-order valence-electron chi connectivity index (χ0n) is 20.2. The van der Waals surface area contributed by atoms with Crippen molar-refractivity contribution in [2.75, 3.05) is 52.1 Å². The molecule has 13 heteroatoms. The van der Waals surface area contributed by atoms with Crippen molar-refractivity contribution >= 4 is 22.5 Å². The second-order valence-electron chi connectivity index (χ2n) is 9.41. The number of hydrogen-bond acceptors (Lipinski definition) is 8. The summed E-state index contributed by atoms with van der Waals surface area (Å²) < 4.78 is 55.4. The number of rotatable bonds is 8. The number of anilines is 1. The molecule has 5 heterocycles. The highest BCUT2D eigenvalue weighted by atomic mass is 19.1. The van der Waals surface area contributed by atoms with Gasteiger partial charge in [0.25, 0.3) is 0 Å². The Morgan fingerprint density at radius 3 is 2.76 bits per heavy atom. The van der Waals surface area contributed by atoms with Crippen molar-refractivity contribution in [3.05, 3.63) is 30.5 Å². The Bertz CT molecular complexity index is 1400. The quantitative estimate of drug-likeness (QED) is 0.382. The highest BCUT2D eigenvalue weighted by molar-refractivity contribution is 5.89. The van der Waals surface area contributed by atoms with Crippen molar-refractivity contribution in [3.63, 3.8) is 0 Å². The number of ether oxygens (including phenoxy) is 2. The van der Waals surface area contributed by atoms with Gasteiger partial charge in [-0.1, -0.05) is 11.3 Å². The molecule has 0 saturated carbocycles. The molecule has 2 saturated heterocycles. The smallest absolute Gasteiger partial charge is 0.244 e. The summed E-state index contributed by atoms with van der Waals surface area (Å²) in [6.45, 7) is 0.668. The van der Waals surface area contributed by atoms with Gasteiger partial charge in [-0.05, 0) is 30.2 Å². The fraction of sp³-hybridized carbons (Fsp3) is 0.500. The number of halogens is 3. The lowest BCUT2D eigenvalue weighted by Gasteiger charge is -2.42. The first-order chi connectivity index (χ1) is 18.1. The van der Waals surface area contributed by atoms with Gasteiger partial charge in [-0.2, -0.15) is 4.98 Å². The van der Waals surface area contributed by atoms with E-state index in [-0.39, 0.29) is 5.95 Å². The van der Waals surface area contributed by atoms with E-state index in [9.17, 15) is 13.2 Å². The minimum atomic E-state index is -1.07. The number of alkyl halides is 3. The van der Waals surface area contributed by atoms with Gasteiger partial charge in [-0.3, -0.25) is 4.90 Å². The molecular weight excluding hydrogens is 489 g/mol. The third-order valence-electron chi connectivity index (χ3n) is 7.18. The lowest BCUT2D eigenvalue weighted by molar-refractivity contribution is -0.0794. The predicted molar refractivity (Wildman–Crippen MR) is 130 cm³/mol. The molecule has 4 aromatic rings. The van der Waals surface area contributed by atoms with Gasteiger partial charge in [-0.25, -0.2) is 22.4 Å². The number of likely N-dealkylation sites (tertiary alicyclic amines) is 1. The molecule has 2 atom stereocenters. The number of methoxy groups -OCH3 is 1. The summed E-state index contributed by atoms with van der Waals surface area (Å²) >= 11 is 0. The van der Waals surface area contributed by atoms with Gasteiger partial charge in [0.1, 0.15) is 36.6 Å². The lowest BCUT2D eigenvalue weighted by Crippen LogP contribution is -2.57. The molecular formula is C24H27F3N8O2. The molecule has 37 heavy (non-hydrogen) atoms.